The number of piperazine rings is 1. The zero-order valence-corrected chi connectivity index (χ0v) is 21.9. The second-order valence-corrected chi connectivity index (χ2v) is 7.84. The summed E-state index contributed by atoms with van der Waals surface area (Å²) in [5.41, 5.74) is 2.34. The molecular weight excluding hydrogens is 517 g/mol. The third kappa shape index (κ3) is 7.44. The van der Waals surface area contributed by atoms with Gasteiger partial charge in [-0.05, 0) is 32.3 Å². The summed E-state index contributed by atoms with van der Waals surface area (Å²) in [6.45, 7) is 5.96. The van der Waals surface area contributed by atoms with Gasteiger partial charge in [0.25, 0.3) is 0 Å². The van der Waals surface area contributed by atoms with Crippen molar-refractivity contribution in [3.63, 3.8) is 0 Å². The highest BCUT2D eigenvalue weighted by molar-refractivity contribution is 14.0. The first-order valence-corrected chi connectivity index (χ1v) is 10.8. The Hall–Kier alpha value is -2.20. The van der Waals surface area contributed by atoms with E-state index in [0.29, 0.717) is 13.2 Å². The van der Waals surface area contributed by atoms with Crippen LogP contribution in [0.1, 0.15) is 5.56 Å². The van der Waals surface area contributed by atoms with Crippen LogP contribution in [0, 0.1) is 0 Å². The molecule has 2 aromatic rings. The molecule has 0 amide bonds. The van der Waals surface area contributed by atoms with Crippen molar-refractivity contribution in [1.29, 1.82) is 0 Å². The van der Waals surface area contributed by atoms with Gasteiger partial charge in [-0.15, -0.1) is 24.0 Å². The van der Waals surface area contributed by atoms with Gasteiger partial charge in [0.05, 0.1) is 7.11 Å². The zero-order valence-electron chi connectivity index (χ0n) is 19.6. The number of benzene rings is 2. The van der Waals surface area contributed by atoms with Crippen LogP contribution in [0.3, 0.4) is 0 Å². The van der Waals surface area contributed by atoms with Crippen LogP contribution in [0.5, 0.6) is 11.5 Å². The van der Waals surface area contributed by atoms with Crippen LogP contribution in [-0.4, -0.2) is 83.3 Å². The van der Waals surface area contributed by atoms with Crippen LogP contribution < -0.4 is 19.7 Å². The molecule has 0 radical (unpaired) electrons. The number of aliphatic imine (C=N–C) groups is 1. The largest absolute Gasteiger partial charge is 0.497 e. The van der Waals surface area contributed by atoms with E-state index in [4.69, 9.17) is 9.47 Å². The SMILES string of the molecule is CN=C(NCc1ccccc1OCCN(C)C)N1CCN(c2cccc(OC)c2)CC1.I. The van der Waals surface area contributed by atoms with Crippen LogP contribution in [-0.2, 0) is 6.54 Å². The molecule has 1 aliphatic rings. The minimum absolute atomic E-state index is 0. The number of rotatable bonds is 8. The van der Waals surface area contributed by atoms with E-state index in [-0.39, 0.29) is 24.0 Å². The second-order valence-electron chi connectivity index (χ2n) is 7.84. The van der Waals surface area contributed by atoms with Crippen LogP contribution in [0.25, 0.3) is 0 Å². The van der Waals surface area contributed by atoms with E-state index in [9.17, 15) is 0 Å². The molecule has 0 unspecified atom stereocenters. The van der Waals surface area contributed by atoms with Crippen molar-refractivity contribution in [2.75, 3.05) is 72.5 Å². The topological polar surface area (TPSA) is 52.6 Å². The predicted octanol–water partition coefficient (Wildman–Crippen LogP) is 3.15. The summed E-state index contributed by atoms with van der Waals surface area (Å²) in [5, 5.41) is 3.51. The summed E-state index contributed by atoms with van der Waals surface area (Å²) < 4.78 is 11.4. The fourth-order valence-electron chi connectivity index (χ4n) is 3.62. The first-order chi connectivity index (χ1) is 15.1. The summed E-state index contributed by atoms with van der Waals surface area (Å²) in [4.78, 5) is 11.3. The Bertz CT molecular complexity index is 854. The van der Waals surface area contributed by atoms with E-state index in [2.05, 4.69) is 57.3 Å². The van der Waals surface area contributed by atoms with Gasteiger partial charge in [-0.1, -0.05) is 24.3 Å². The Balaban J connectivity index is 0.00000363. The maximum Gasteiger partial charge on any atom is 0.194 e. The van der Waals surface area contributed by atoms with Gasteiger partial charge in [0, 0.05) is 63.6 Å². The monoisotopic (exact) mass is 553 g/mol. The van der Waals surface area contributed by atoms with Gasteiger partial charge < -0.3 is 29.5 Å². The van der Waals surface area contributed by atoms with Gasteiger partial charge in [-0.3, -0.25) is 4.99 Å². The third-order valence-electron chi connectivity index (χ3n) is 5.42. The number of guanidine groups is 1. The number of likely N-dealkylation sites (N-methyl/N-ethyl adjacent to an activating group) is 1. The van der Waals surface area contributed by atoms with Crippen molar-refractivity contribution in [2.24, 2.45) is 4.99 Å². The predicted molar refractivity (Wildman–Crippen MR) is 143 cm³/mol. The molecule has 176 valence electrons. The lowest BCUT2D eigenvalue weighted by Gasteiger charge is -2.37. The lowest BCUT2D eigenvalue weighted by atomic mass is 10.2. The maximum absolute atomic E-state index is 5.99. The molecule has 0 saturated carbocycles. The molecular formula is C24H36IN5O2. The normalized spacial score (nSPS) is 14.2. The summed E-state index contributed by atoms with van der Waals surface area (Å²) in [6.07, 6.45) is 0. The Kier molecular flexibility index (Phi) is 10.9. The molecule has 8 heteroatoms. The number of anilines is 1. The first-order valence-electron chi connectivity index (χ1n) is 10.8. The molecule has 32 heavy (non-hydrogen) atoms. The van der Waals surface area contributed by atoms with Gasteiger partial charge in [0.2, 0.25) is 0 Å². The average Bonchev–Trinajstić information content (AvgIpc) is 2.80. The molecule has 1 saturated heterocycles. The minimum Gasteiger partial charge on any atom is -0.497 e. The van der Waals surface area contributed by atoms with Crippen molar-refractivity contribution >= 4 is 35.6 Å². The lowest BCUT2D eigenvalue weighted by molar-refractivity contribution is 0.259. The number of methoxy groups -OCH3 is 1. The molecule has 1 aliphatic heterocycles. The molecule has 0 spiro atoms. The Morgan fingerprint density at radius 1 is 1.06 bits per heavy atom. The molecule has 1 fully saturated rings. The Morgan fingerprint density at radius 2 is 1.81 bits per heavy atom. The van der Waals surface area contributed by atoms with Gasteiger partial charge in [-0.2, -0.15) is 0 Å². The van der Waals surface area contributed by atoms with Crippen LogP contribution in [0.2, 0.25) is 0 Å². The number of ether oxygens (including phenoxy) is 2. The maximum atomic E-state index is 5.99. The molecule has 1 N–H and O–H groups in total. The van der Waals surface area contributed by atoms with E-state index >= 15 is 0 Å². The summed E-state index contributed by atoms with van der Waals surface area (Å²) >= 11 is 0. The van der Waals surface area contributed by atoms with E-state index < -0.39 is 0 Å². The quantitative estimate of drug-likeness (QED) is 0.308. The van der Waals surface area contributed by atoms with E-state index in [1.807, 2.05) is 37.4 Å². The van der Waals surface area contributed by atoms with Gasteiger partial charge in [-0.25, -0.2) is 0 Å². The highest BCUT2D eigenvalue weighted by atomic mass is 127. The molecule has 1 heterocycles. The van der Waals surface area contributed by atoms with Gasteiger partial charge in [0.15, 0.2) is 5.96 Å². The number of hydrogen-bond donors (Lipinski definition) is 1. The minimum atomic E-state index is 0. The van der Waals surface area contributed by atoms with E-state index in [1.165, 1.54) is 5.69 Å². The molecule has 0 bridgehead atoms. The molecule has 0 atom stereocenters. The molecule has 2 aromatic carbocycles. The van der Waals surface area contributed by atoms with Crippen LogP contribution in [0.15, 0.2) is 53.5 Å². The Morgan fingerprint density at radius 3 is 2.50 bits per heavy atom. The smallest absolute Gasteiger partial charge is 0.194 e. The van der Waals surface area contributed by atoms with Crippen molar-refractivity contribution in [2.45, 2.75) is 6.54 Å². The summed E-state index contributed by atoms with van der Waals surface area (Å²) in [7, 11) is 7.65. The van der Waals surface area contributed by atoms with Crippen LogP contribution in [0.4, 0.5) is 5.69 Å². The second kappa shape index (κ2) is 13.4. The zero-order chi connectivity index (χ0) is 22.1. The van der Waals surface area contributed by atoms with Crippen molar-refractivity contribution in [3.05, 3.63) is 54.1 Å². The number of hydrogen-bond acceptors (Lipinski definition) is 5. The number of halogens is 1. The average molecular weight is 553 g/mol. The van der Waals surface area contributed by atoms with Crippen LogP contribution >= 0.6 is 24.0 Å². The number of nitrogens with one attached hydrogen (secondary N) is 1. The van der Waals surface area contributed by atoms with Gasteiger partial charge in [0.1, 0.15) is 18.1 Å². The molecule has 7 nitrogen and oxygen atoms in total. The summed E-state index contributed by atoms with van der Waals surface area (Å²) in [5.74, 6) is 2.74. The molecule has 3 rings (SSSR count). The molecule has 0 aromatic heterocycles. The highest BCUT2D eigenvalue weighted by Gasteiger charge is 2.20. The molecule has 0 aliphatic carbocycles. The fraction of sp³-hybridized carbons (Fsp3) is 0.458. The van der Waals surface area contributed by atoms with Crippen molar-refractivity contribution in [3.8, 4) is 11.5 Å². The van der Waals surface area contributed by atoms with Crippen molar-refractivity contribution in [1.82, 2.24) is 15.1 Å². The third-order valence-corrected chi connectivity index (χ3v) is 5.42. The van der Waals surface area contributed by atoms with Gasteiger partial charge >= 0.3 is 0 Å². The standard InChI is InChI=1S/C24H35N5O2.HI/c1-25-24(26-19-20-8-5-6-11-23(20)31-17-16-27(2)3)29-14-12-28(13-15-29)21-9-7-10-22(18-21)30-4;/h5-11,18H,12-17,19H2,1-4H3,(H,25,26);1H. The summed E-state index contributed by atoms with van der Waals surface area (Å²) in [6, 6.07) is 16.4. The Labute approximate surface area is 209 Å². The number of nitrogens with zero attached hydrogens (tertiary/aromatic N) is 4. The van der Waals surface area contributed by atoms with Crippen molar-refractivity contribution < 1.29 is 9.47 Å². The van der Waals surface area contributed by atoms with E-state index in [0.717, 1.165) is 55.7 Å². The first kappa shape index (κ1) is 26.1. The number of para-hydroxylation sites is 1. The lowest BCUT2D eigenvalue weighted by Crippen LogP contribution is -2.52. The fourth-order valence-corrected chi connectivity index (χ4v) is 3.62. The highest BCUT2D eigenvalue weighted by Crippen LogP contribution is 2.22. The van der Waals surface area contributed by atoms with E-state index in [1.54, 1.807) is 7.11 Å².